The van der Waals surface area contributed by atoms with Crippen molar-refractivity contribution in [1.82, 2.24) is 0 Å². The van der Waals surface area contributed by atoms with Crippen LogP contribution >= 0.6 is 0 Å². The van der Waals surface area contributed by atoms with Gasteiger partial charge in [0.25, 0.3) is 0 Å². The number of rotatable bonds is 24. The number of aliphatic hydroxyl groups excluding tert-OH is 1. The van der Waals surface area contributed by atoms with Crippen LogP contribution in [0, 0.1) is 0 Å². The normalized spacial score (nSPS) is 13.5. The number of unbranched alkanes of at least 4 members (excludes halogenated alkanes) is 4. The minimum atomic E-state index is -0.548. The van der Waals surface area contributed by atoms with Gasteiger partial charge in [0, 0.05) is 13.0 Å². The lowest BCUT2D eigenvalue weighted by molar-refractivity contribution is -0.154. The van der Waals surface area contributed by atoms with Crippen LogP contribution in [0.15, 0.2) is 72.9 Å². The minimum absolute atomic E-state index is 0.194. The second kappa shape index (κ2) is 29.1. The predicted molar refractivity (Wildman–Crippen MR) is 154 cm³/mol. The van der Waals surface area contributed by atoms with Crippen molar-refractivity contribution >= 4 is 5.97 Å². The number of carbonyl (C=O) groups is 1. The van der Waals surface area contributed by atoms with E-state index in [9.17, 15) is 9.90 Å². The summed E-state index contributed by atoms with van der Waals surface area (Å²) in [7, 11) is 0. The maximum atomic E-state index is 11.6. The number of ether oxygens (including phenoxy) is 2. The van der Waals surface area contributed by atoms with E-state index in [4.69, 9.17) is 9.47 Å². The molecule has 0 radical (unpaired) electrons. The van der Waals surface area contributed by atoms with Gasteiger partial charge in [-0.2, -0.15) is 0 Å². The Morgan fingerprint density at radius 1 is 0.694 bits per heavy atom. The molecule has 0 saturated heterocycles. The van der Waals surface area contributed by atoms with Crippen molar-refractivity contribution in [1.29, 1.82) is 0 Å². The van der Waals surface area contributed by atoms with Crippen LogP contribution in [0.2, 0.25) is 0 Å². The molecule has 0 spiro atoms. The Bertz CT molecular complexity index is 655. The first kappa shape index (κ1) is 33.8. The van der Waals surface area contributed by atoms with E-state index in [0.29, 0.717) is 13.0 Å². The molecule has 0 aliphatic carbocycles. The van der Waals surface area contributed by atoms with Crippen molar-refractivity contribution in [2.45, 2.75) is 103 Å². The Morgan fingerprint density at radius 2 is 1.22 bits per heavy atom. The molecule has 36 heavy (non-hydrogen) atoms. The summed E-state index contributed by atoms with van der Waals surface area (Å²) in [6, 6.07) is 0. The molecule has 4 nitrogen and oxygen atoms in total. The molecular formula is C32H52O4. The highest BCUT2D eigenvalue weighted by molar-refractivity contribution is 5.69. The Labute approximate surface area is 221 Å². The van der Waals surface area contributed by atoms with E-state index in [0.717, 1.165) is 77.0 Å². The van der Waals surface area contributed by atoms with Crippen LogP contribution in [-0.4, -0.2) is 37.0 Å². The van der Waals surface area contributed by atoms with Gasteiger partial charge < -0.3 is 14.6 Å². The molecule has 0 aliphatic heterocycles. The zero-order valence-corrected chi connectivity index (χ0v) is 23.0. The number of allylic oxidation sites excluding steroid dienone is 12. The van der Waals surface area contributed by atoms with Crippen LogP contribution in [0.25, 0.3) is 0 Å². The molecule has 0 fully saturated rings. The molecule has 4 heteroatoms. The third-order valence-electron chi connectivity index (χ3n) is 5.30. The topological polar surface area (TPSA) is 55.8 Å². The van der Waals surface area contributed by atoms with Gasteiger partial charge in [-0.05, 0) is 64.2 Å². The Kier molecular flexibility index (Phi) is 27.3. The number of hydrogen-bond acceptors (Lipinski definition) is 4. The highest BCUT2D eigenvalue weighted by atomic mass is 16.6. The van der Waals surface area contributed by atoms with Gasteiger partial charge in [-0.25, -0.2) is 0 Å². The fourth-order valence-electron chi connectivity index (χ4n) is 3.19. The fourth-order valence-corrected chi connectivity index (χ4v) is 3.19. The Hall–Kier alpha value is -2.17. The molecule has 1 unspecified atom stereocenters. The van der Waals surface area contributed by atoms with Crippen molar-refractivity contribution < 1.29 is 19.4 Å². The molecular weight excluding hydrogens is 448 g/mol. The van der Waals surface area contributed by atoms with Crippen LogP contribution in [-0.2, 0) is 14.3 Å². The summed E-state index contributed by atoms with van der Waals surface area (Å²) in [5.74, 6) is -0.254. The average molecular weight is 501 g/mol. The summed E-state index contributed by atoms with van der Waals surface area (Å²) >= 11 is 0. The predicted octanol–water partition coefficient (Wildman–Crippen LogP) is 8.36. The smallest absolute Gasteiger partial charge is 0.306 e. The summed E-state index contributed by atoms with van der Waals surface area (Å²) in [6.07, 6.45) is 38.7. The van der Waals surface area contributed by atoms with Gasteiger partial charge in [0.15, 0.2) is 0 Å². The van der Waals surface area contributed by atoms with Crippen molar-refractivity contribution in [3.8, 4) is 0 Å². The minimum Gasteiger partial charge on any atom is -0.457 e. The van der Waals surface area contributed by atoms with E-state index in [1.54, 1.807) is 0 Å². The lowest BCUT2D eigenvalue weighted by Crippen LogP contribution is -2.27. The van der Waals surface area contributed by atoms with Gasteiger partial charge in [-0.1, -0.05) is 99.6 Å². The Balaban J connectivity index is 3.56. The van der Waals surface area contributed by atoms with Crippen LogP contribution in [0.4, 0.5) is 0 Å². The molecule has 1 N–H and O–H groups in total. The SMILES string of the molecule is CC/C=C\C/C=C\C/C=C\C/C=C\C/C=C\C/C=C\CCCCCOCC(CO)OC(=O)CCCC. The maximum Gasteiger partial charge on any atom is 0.306 e. The van der Waals surface area contributed by atoms with Gasteiger partial charge in [0.1, 0.15) is 6.10 Å². The van der Waals surface area contributed by atoms with Gasteiger partial charge in [0.05, 0.1) is 13.2 Å². The zero-order valence-electron chi connectivity index (χ0n) is 23.0. The van der Waals surface area contributed by atoms with Crippen molar-refractivity contribution in [2.24, 2.45) is 0 Å². The first-order chi connectivity index (χ1) is 17.7. The quantitative estimate of drug-likeness (QED) is 0.0822. The van der Waals surface area contributed by atoms with E-state index in [1.165, 1.54) is 0 Å². The molecule has 0 aromatic heterocycles. The first-order valence-electron chi connectivity index (χ1n) is 14.0. The molecule has 0 saturated carbocycles. The maximum absolute atomic E-state index is 11.6. The summed E-state index contributed by atoms with van der Waals surface area (Å²) in [5, 5.41) is 9.30. The molecule has 204 valence electrons. The summed E-state index contributed by atoms with van der Waals surface area (Å²) in [6.45, 7) is 4.89. The largest absolute Gasteiger partial charge is 0.457 e. The van der Waals surface area contributed by atoms with E-state index < -0.39 is 6.10 Å². The second-order valence-electron chi connectivity index (χ2n) is 8.74. The number of aliphatic hydroxyl groups is 1. The second-order valence-corrected chi connectivity index (χ2v) is 8.74. The lowest BCUT2D eigenvalue weighted by Gasteiger charge is -2.15. The molecule has 1 atom stereocenters. The Morgan fingerprint density at radius 3 is 1.72 bits per heavy atom. The molecule has 0 aliphatic rings. The highest BCUT2D eigenvalue weighted by Gasteiger charge is 2.13. The first-order valence-corrected chi connectivity index (χ1v) is 14.0. The molecule has 0 bridgehead atoms. The molecule has 0 heterocycles. The molecule has 0 aromatic carbocycles. The summed E-state index contributed by atoms with van der Waals surface area (Å²) < 4.78 is 10.8. The average Bonchev–Trinajstić information content (AvgIpc) is 2.89. The van der Waals surface area contributed by atoms with Gasteiger partial charge in [0.2, 0.25) is 0 Å². The zero-order chi connectivity index (χ0) is 26.4. The van der Waals surface area contributed by atoms with E-state index in [1.807, 2.05) is 6.92 Å². The van der Waals surface area contributed by atoms with E-state index >= 15 is 0 Å². The van der Waals surface area contributed by atoms with Gasteiger partial charge in [-0.3, -0.25) is 4.79 Å². The third kappa shape index (κ3) is 26.4. The number of hydrogen-bond donors (Lipinski definition) is 1. The lowest BCUT2D eigenvalue weighted by atomic mass is 10.2. The van der Waals surface area contributed by atoms with E-state index in [2.05, 4.69) is 79.8 Å². The van der Waals surface area contributed by atoms with Crippen molar-refractivity contribution in [3.05, 3.63) is 72.9 Å². The highest BCUT2D eigenvalue weighted by Crippen LogP contribution is 2.04. The summed E-state index contributed by atoms with van der Waals surface area (Å²) in [4.78, 5) is 11.6. The van der Waals surface area contributed by atoms with Crippen molar-refractivity contribution in [2.75, 3.05) is 19.8 Å². The summed E-state index contributed by atoms with van der Waals surface area (Å²) in [5.41, 5.74) is 0. The van der Waals surface area contributed by atoms with E-state index in [-0.39, 0.29) is 19.2 Å². The van der Waals surface area contributed by atoms with Crippen molar-refractivity contribution in [3.63, 3.8) is 0 Å². The standard InChI is InChI=1S/C32H52O4/c1-3-5-7-8-9-10-11-12-13-14-15-16-17-18-19-20-21-22-23-24-25-26-28-35-30-31(29-33)36-32(34)27-6-4-2/h5,7,9-10,12-13,15-16,18-19,21-22,31,33H,3-4,6,8,11,14,17,20,23-30H2,1-2H3/b7-5-,10-9-,13-12-,16-15-,19-18-,22-21-. The van der Waals surface area contributed by atoms with Crippen LogP contribution in [0.3, 0.4) is 0 Å². The monoisotopic (exact) mass is 500 g/mol. The van der Waals surface area contributed by atoms with Gasteiger partial charge >= 0.3 is 5.97 Å². The third-order valence-corrected chi connectivity index (χ3v) is 5.30. The molecule has 0 rings (SSSR count). The number of esters is 1. The molecule has 0 amide bonds. The number of carbonyl (C=O) groups excluding carboxylic acids is 1. The van der Waals surface area contributed by atoms with Gasteiger partial charge in [-0.15, -0.1) is 0 Å². The van der Waals surface area contributed by atoms with Crippen LogP contribution in [0.5, 0.6) is 0 Å². The fraction of sp³-hybridized carbons (Fsp3) is 0.594. The van der Waals surface area contributed by atoms with Crippen LogP contribution < -0.4 is 0 Å². The molecule has 0 aromatic rings. The van der Waals surface area contributed by atoms with Crippen LogP contribution in [0.1, 0.15) is 97.3 Å².